The first-order valence-electron chi connectivity index (χ1n) is 8.88. The summed E-state index contributed by atoms with van der Waals surface area (Å²) in [5.74, 6) is -1.55. The number of halogens is 1. The van der Waals surface area contributed by atoms with Gasteiger partial charge in [-0.15, -0.1) is 0 Å². The van der Waals surface area contributed by atoms with E-state index in [0.717, 1.165) is 17.4 Å². The first-order chi connectivity index (χ1) is 13.6. The third-order valence-electron chi connectivity index (χ3n) is 4.61. The molecule has 0 aliphatic heterocycles. The maximum Gasteiger partial charge on any atom is 0.340 e. The molecule has 29 heavy (non-hydrogen) atoms. The zero-order valence-corrected chi connectivity index (χ0v) is 17.4. The number of carbonyl (C=O) groups is 1. The number of esters is 1. The van der Waals surface area contributed by atoms with E-state index in [1.54, 1.807) is 6.07 Å². The maximum absolute atomic E-state index is 15.3. The average Bonchev–Trinajstić information content (AvgIpc) is 3.06. The number of hydrogen-bond acceptors (Lipinski definition) is 6. The summed E-state index contributed by atoms with van der Waals surface area (Å²) in [6.45, 7) is 3.93. The molecule has 2 aromatic carbocycles. The Morgan fingerprint density at radius 2 is 2.00 bits per heavy atom. The molecule has 1 aromatic heterocycles. The van der Waals surface area contributed by atoms with Gasteiger partial charge in [-0.1, -0.05) is 17.7 Å². The zero-order valence-electron chi connectivity index (χ0n) is 16.6. The topological polar surface area (TPSA) is 90.3 Å². The lowest BCUT2D eigenvalue weighted by Crippen LogP contribution is -2.12. The number of methoxy groups -OCH3 is 1. The van der Waals surface area contributed by atoms with Crippen LogP contribution in [0.1, 0.15) is 21.5 Å². The number of hydrogen-bond donors (Lipinski definition) is 1. The van der Waals surface area contributed by atoms with Crippen LogP contribution >= 0.6 is 0 Å². The van der Waals surface area contributed by atoms with Crippen LogP contribution in [0, 0.1) is 19.7 Å². The number of nitrogens with one attached hydrogen (secondary N) is 1. The minimum absolute atomic E-state index is 0.00131. The highest BCUT2D eigenvalue weighted by Crippen LogP contribution is 2.32. The molecule has 0 atom stereocenters. The number of ether oxygens (including phenoxy) is 1. The number of sulfone groups is 1. The molecule has 0 spiro atoms. The van der Waals surface area contributed by atoms with Crippen molar-refractivity contribution in [2.24, 2.45) is 0 Å². The van der Waals surface area contributed by atoms with Crippen LogP contribution in [0.15, 0.2) is 30.6 Å². The molecule has 154 valence electrons. The molecule has 0 fully saturated rings. The molecule has 1 N–H and O–H groups in total. The summed E-state index contributed by atoms with van der Waals surface area (Å²) in [7, 11) is -2.00. The van der Waals surface area contributed by atoms with Crippen molar-refractivity contribution in [1.82, 2.24) is 9.55 Å². The highest BCUT2D eigenvalue weighted by molar-refractivity contribution is 7.90. The molecule has 1 heterocycles. The molecule has 3 rings (SSSR count). The van der Waals surface area contributed by atoms with Gasteiger partial charge in [0.15, 0.2) is 5.82 Å². The van der Waals surface area contributed by atoms with E-state index in [-0.39, 0.29) is 29.1 Å². The number of benzene rings is 2. The number of fused-ring (bicyclic) bond motifs is 1. The molecular weight excluding hydrogens is 397 g/mol. The van der Waals surface area contributed by atoms with Gasteiger partial charge in [0.05, 0.1) is 36.0 Å². The van der Waals surface area contributed by atoms with Crippen LogP contribution in [0.4, 0.5) is 15.8 Å². The summed E-state index contributed by atoms with van der Waals surface area (Å²) in [5, 5.41) is 2.99. The first-order valence-corrected chi connectivity index (χ1v) is 10.9. The predicted molar refractivity (Wildman–Crippen MR) is 110 cm³/mol. The highest BCUT2D eigenvalue weighted by atomic mass is 32.2. The lowest BCUT2D eigenvalue weighted by atomic mass is 10.1. The summed E-state index contributed by atoms with van der Waals surface area (Å²) < 4.78 is 44.6. The van der Waals surface area contributed by atoms with Crippen LogP contribution in [-0.2, 0) is 21.1 Å². The molecule has 0 radical (unpaired) electrons. The lowest BCUT2D eigenvalue weighted by molar-refractivity contribution is 0.0601. The van der Waals surface area contributed by atoms with Gasteiger partial charge < -0.3 is 14.6 Å². The fourth-order valence-electron chi connectivity index (χ4n) is 3.08. The maximum atomic E-state index is 15.3. The Labute approximate surface area is 168 Å². The quantitative estimate of drug-likeness (QED) is 0.616. The minimum Gasteiger partial charge on any atom is -0.465 e. The van der Waals surface area contributed by atoms with Gasteiger partial charge in [0, 0.05) is 18.5 Å². The van der Waals surface area contributed by atoms with Crippen LogP contribution in [0.5, 0.6) is 0 Å². The summed E-state index contributed by atoms with van der Waals surface area (Å²) in [6.07, 6.45) is 2.49. The summed E-state index contributed by atoms with van der Waals surface area (Å²) in [6, 6.07) is 7.09. The number of rotatable bonds is 6. The fraction of sp³-hybridized carbons (Fsp3) is 0.300. The van der Waals surface area contributed by atoms with Crippen molar-refractivity contribution in [1.29, 1.82) is 0 Å². The molecular formula is C20H22FN3O4S. The van der Waals surface area contributed by atoms with Crippen LogP contribution in [-0.4, -0.2) is 43.1 Å². The monoisotopic (exact) mass is 419 g/mol. The normalized spacial score (nSPS) is 11.6. The molecule has 0 aliphatic carbocycles. The standard InChI is InChI=1S/C20H22FN3O4S/c1-12-5-6-15(13(2)9-12)23-18-14(20(25)28-3)10-16-19(17(18)21)22-11-24(16)7-8-29(4,26)27/h5-6,9-11,23H,7-8H2,1-4H3. The third kappa shape index (κ3) is 4.40. The van der Waals surface area contributed by atoms with E-state index < -0.39 is 21.6 Å². The van der Waals surface area contributed by atoms with E-state index in [2.05, 4.69) is 10.3 Å². The second kappa shape index (κ2) is 7.82. The van der Waals surface area contributed by atoms with Gasteiger partial charge in [-0.05, 0) is 31.5 Å². The van der Waals surface area contributed by atoms with Gasteiger partial charge in [-0.2, -0.15) is 0 Å². The number of aryl methyl sites for hydroxylation is 3. The van der Waals surface area contributed by atoms with Crippen molar-refractivity contribution in [2.75, 3.05) is 24.4 Å². The van der Waals surface area contributed by atoms with Gasteiger partial charge in [0.2, 0.25) is 0 Å². The molecule has 0 bridgehead atoms. The van der Waals surface area contributed by atoms with Crippen molar-refractivity contribution in [3.05, 3.63) is 53.1 Å². The lowest BCUT2D eigenvalue weighted by Gasteiger charge is -2.15. The number of carbonyl (C=O) groups excluding carboxylic acids is 1. The number of anilines is 2. The van der Waals surface area contributed by atoms with Crippen LogP contribution < -0.4 is 5.32 Å². The number of aromatic nitrogens is 2. The molecule has 0 saturated heterocycles. The smallest absolute Gasteiger partial charge is 0.340 e. The summed E-state index contributed by atoms with van der Waals surface area (Å²) >= 11 is 0. The van der Waals surface area contributed by atoms with E-state index in [4.69, 9.17) is 4.74 Å². The van der Waals surface area contributed by atoms with Crippen molar-refractivity contribution in [3.63, 3.8) is 0 Å². The Morgan fingerprint density at radius 1 is 1.28 bits per heavy atom. The summed E-state index contributed by atoms with van der Waals surface area (Å²) in [4.78, 5) is 16.4. The zero-order chi connectivity index (χ0) is 21.3. The third-order valence-corrected chi connectivity index (χ3v) is 5.53. The van der Waals surface area contributed by atoms with E-state index in [9.17, 15) is 13.2 Å². The van der Waals surface area contributed by atoms with Crippen LogP contribution in [0.25, 0.3) is 11.0 Å². The Morgan fingerprint density at radius 3 is 2.62 bits per heavy atom. The van der Waals surface area contributed by atoms with E-state index in [1.165, 1.54) is 24.1 Å². The van der Waals surface area contributed by atoms with Crippen molar-refractivity contribution in [3.8, 4) is 0 Å². The van der Waals surface area contributed by atoms with Gasteiger partial charge in [-0.3, -0.25) is 0 Å². The highest BCUT2D eigenvalue weighted by Gasteiger charge is 2.23. The molecule has 0 aliphatic rings. The Hall–Kier alpha value is -2.94. The summed E-state index contributed by atoms with van der Waals surface area (Å²) in [5.41, 5.74) is 2.91. The Bertz CT molecular complexity index is 1200. The predicted octanol–water partition coefficient (Wildman–Crippen LogP) is 3.37. The van der Waals surface area contributed by atoms with Crippen molar-refractivity contribution in [2.45, 2.75) is 20.4 Å². The largest absolute Gasteiger partial charge is 0.465 e. The van der Waals surface area contributed by atoms with E-state index in [1.807, 2.05) is 26.0 Å². The molecule has 7 nitrogen and oxygen atoms in total. The molecule has 0 amide bonds. The minimum atomic E-state index is -3.21. The van der Waals surface area contributed by atoms with Gasteiger partial charge >= 0.3 is 5.97 Å². The molecule has 0 saturated carbocycles. The Balaban J connectivity index is 2.14. The van der Waals surface area contributed by atoms with Crippen LogP contribution in [0.3, 0.4) is 0 Å². The fourth-order valence-corrected chi connectivity index (χ4v) is 3.61. The average molecular weight is 419 g/mol. The van der Waals surface area contributed by atoms with Crippen LogP contribution in [0.2, 0.25) is 0 Å². The first kappa shape index (κ1) is 20.8. The van der Waals surface area contributed by atoms with Gasteiger partial charge in [-0.25, -0.2) is 22.6 Å². The molecule has 9 heteroatoms. The number of imidazole rings is 1. The van der Waals surface area contributed by atoms with Crippen molar-refractivity contribution >= 4 is 38.2 Å². The second-order valence-electron chi connectivity index (χ2n) is 6.98. The Kier molecular flexibility index (Phi) is 5.61. The SMILES string of the molecule is COC(=O)c1cc2c(ncn2CCS(C)(=O)=O)c(F)c1Nc1ccc(C)cc1C. The van der Waals surface area contributed by atoms with Gasteiger partial charge in [0.25, 0.3) is 0 Å². The van der Waals surface area contributed by atoms with E-state index >= 15 is 4.39 Å². The second-order valence-corrected chi connectivity index (χ2v) is 9.24. The number of nitrogens with zero attached hydrogens (tertiary/aromatic N) is 2. The van der Waals surface area contributed by atoms with Gasteiger partial charge in [0.1, 0.15) is 15.4 Å². The molecule has 3 aromatic rings. The van der Waals surface area contributed by atoms with Crippen molar-refractivity contribution < 1.29 is 22.3 Å². The molecule has 0 unspecified atom stereocenters. The van der Waals surface area contributed by atoms with E-state index in [0.29, 0.717) is 11.2 Å².